The van der Waals surface area contributed by atoms with Crippen molar-refractivity contribution in [2.24, 2.45) is 10.9 Å². The standard InChI is InChI=1S/C23H39N5O.HI/c1-24-23(26(2)17-18-29-20-22-9-10-22)25-11-6-12-27-13-15-28(16-14-27)19-21-7-4-3-5-8-21;/h3-5,7-8,22H,6,9-20H2,1-2H3,(H,24,25);1H. The number of nitrogens with zero attached hydrogens (tertiary/aromatic N) is 4. The summed E-state index contributed by atoms with van der Waals surface area (Å²) >= 11 is 0. The molecule has 0 atom stereocenters. The minimum atomic E-state index is 0. The molecular weight excluding hydrogens is 489 g/mol. The van der Waals surface area contributed by atoms with Crippen LogP contribution in [0, 0.1) is 5.92 Å². The van der Waals surface area contributed by atoms with E-state index in [1.807, 2.05) is 7.05 Å². The zero-order chi connectivity index (χ0) is 20.3. The number of likely N-dealkylation sites (N-methyl/N-ethyl adjacent to an activating group) is 1. The van der Waals surface area contributed by atoms with Gasteiger partial charge in [0.05, 0.1) is 6.61 Å². The van der Waals surface area contributed by atoms with Gasteiger partial charge in [-0.1, -0.05) is 30.3 Å². The molecule has 6 nitrogen and oxygen atoms in total. The lowest BCUT2D eigenvalue weighted by molar-refractivity contribution is 0.115. The molecule has 2 fully saturated rings. The molecule has 170 valence electrons. The van der Waals surface area contributed by atoms with Crippen molar-refractivity contribution >= 4 is 29.9 Å². The van der Waals surface area contributed by atoms with Crippen molar-refractivity contribution in [2.45, 2.75) is 25.8 Å². The van der Waals surface area contributed by atoms with Crippen LogP contribution in [0.25, 0.3) is 0 Å². The van der Waals surface area contributed by atoms with E-state index in [1.165, 1.54) is 31.5 Å². The molecule has 1 saturated carbocycles. The number of ether oxygens (including phenoxy) is 1. The maximum atomic E-state index is 5.74. The first-order chi connectivity index (χ1) is 14.2. The van der Waals surface area contributed by atoms with E-state index in [1.54, 1.807) is 0 Å². The van der Waals surface area contributed by atoms with E-state index in [4.69, 9.17) is 4.74 Å². The van der Waals surface area contributed by atoms with Crippen molar-refractivity contribution in [3.8, 4) is 0 Å². The number of piperazine rings is 1. The van der Waals surface area contributed by atoms with Crippen LogP contribution in [0.3, 0.4) is 0 Å². The van der Waals surface area contributed by atoms with Gasteiger partial charge >= 0.3 is 0 Å². The number of benzene rings is 1. The second-order valence-corrected chi connectivity index (χ2v) is 8.37. The molecule has 1 aliphatic heterocycles. The lowest BCUT2D eigenvalue weighted by atomic mass is 10.2. The molecule has 3 rings (SSSR count). The van der Waals surface area contributed by atoms with E-state index < -0.39 is 0 Å². The molecule has 1 aliphatic carbocycles. The Morgan fingerprint density at radius 3 is 2.50 bits per heavy atom. The van der Waals surface area contributed by atoms with Crippen molar-refractivity contribution < 1.29 is 4.74 Å². The number of hydrogen-bond donors (Lipinski definition) is 1. The van der Waals surface area contributed by atoms with E-state index >= 15 is 0 Å². The highest BCUT2D eigenvalue weighted by Crippen LogP contribution is 2.28. The van der Waals surface area contributed by atoms with Gasteiger partial charge in [0.15, 0.2) is 5.96 Å². The summed E-state index contributed by atoms with van der Waals surface area (Å²) in [7, 11) is 3.94. The molecule has 0 bridgehead atoms. The van der Waals surface area contributed by atoms with E-state index in [0.29, 0.717) is 0 Å². The maximum Gasteiger partial charge on any atom is 0.193 e. The molecule has 0 radical (unpaired) electrons. The van der Waals surface area contributed by atoms with Crippen LogP contribution in [0.15, 0.2) is 35.3 Å². The summed E-state index contributed by atoms with van der Waals surface area (Å²) in [5.41, 5.74) is 1.42. The lowest BCUT2D eigenvalue weighted by Gasteiger charge is -2.34. The van der Waals surface area contributed by atoms with Gasteiger partial charge < -0.3 is 19.9 Å². The van der Waals surface area contributed by atoms with Crippen molar-refractivity contribution in [1.82, 2.24) is 20.0 Å². The van der Waals surface area contributed by atoms with Crippen LogP contribution in [0.2, 0.25) is 0 Å². The quantitative estimate of drug-likeness (QED) is 0.207. The number of aliphatic imine (C=N–C) groups is 1. The average molecular weight is 530 g/mol. The zero-order valence-corrected chi connectivity index (χ0v) is 21.1. The first kappa shape index (κ1) is 25.4. The van der Waals surface area contributed by atoms with Crippen LogP contribution in [0.1, 0.15) is 24.8 Å². The Labute approximate surface area is 200 Å². The topological polar surface area (TPSA) is 43.3 Å². The fourth-order valence-electron chi connectivity index (χ4n) is 3.74. The molecule has 1 aromatic rings. The predicted octanol–water partition coefficient (Wildman–Crippen LogP) is 2.75. The molecule has 2 aliphatic rings. The van der Waals surface area contributed by atoms with Crippen LogP contribution < -0.4 is 5.32 Å². The van der Waals surface area contributed by atoms with Gasteiger partial charge in [-0.2, -0.15) is 0 Å². The lowest BCUT2D eigenvalue weighted by Crippen LogP contribution is -2.47. The largest absolute Gasteiger partial charge is 0.379 e. The van der Waals surface area contributed by atoms with Crippen molar-refractivity contribution in [3.63, 3.8) is 0 Å². The minimum absolute atomic E-state index is 0. The zero-order valence-electron chi connectivity index (χ0n) is 18.8. The average Bonchev–Trinajstić information content (AvgIpc) is 3.57. The summed E-state index contributed by atoms with van der Waals surface area (Å²) in [5, 5.41) is 3.50. The number of halogens is 1. The Balaban J connectivity index is 0.00000320. The molecule has 0 aromatic heterocycles. The summed E-state index contributed by atoms with van der Waals surface area (Å²) in [6, 6.07) is 10.8. The predicted molar refractivity (Wildman–Crippen MR) is 136 cm³/mol. The van der Waals surface area contributed by atoms with Crippen LogP contribution in [0.5, 0.6) is 0 Å². The second-order valence-electron chi connectivity index (χ2n) is 8.37. The molecule has 1 aromatic carbocycles. The van der Waals surface area contributed by atoms with Gasteiger partial charge in [-0.25, -0.2) is 0 Å². The smallest absolute Gasteiger partial charge is 0.193 e. The summed E-state index contributed by atoms with van der Waals surface area (Å²) in [5.74, 6) is 1.80. The summed E-state index contributed by atoms with van der Waals surface area (Å²) in [6.45, 7) is 10.4. The Morgan fingerprint density at radius 1 is 1.13 bits per heavy atom. The molecule has 30 heavy (non-hydrogen) atoms. The first-order valence-corrected chi connectivity index (χ1v) is 11.2. The number of hydrogen-bond acceptors (Lipinski definition) is 4. The van der Waals surface area contributed by atoms with Gasteiger partial charge in [-0.05, 0) is 37.3 Å². The van der Waals surface area contributed by atoms with Crippen molar-refractivity contribution in [1.29, 1.82) is 0 Å². The van der Waals surface area contributed by atoms with Gasteiger partial charge in [0.1, 0.15) is 0 Å². The van der Waals surface area contributed by atoms with E-state index in [0.717, 1.165) is 70.8 Å². The highest BCUT2D eigenvalue weighted by molar-refractivity contribution is 14.0. The van der Waals surface area contributed by atoms with E-state index in [9.17, 15) is 0 Å². The highest BCUT2D eigenvalue weighted by Gasteiger charge is 2.21. The van der Waals surface area contributed by atoms with E-state index in [2.05, 4.69) is 62.4 Å². The fourth-order valence-corrected chi connectivity index (χ4v) is 3.74. The van der Waals surface area contributed by atoms with Gasteiger partial charge in [-0.3, -0.25) is 9.89 Å². The molecule has 1 saturated heterocycles. The monoisotopic (exact) mass is 529 g/mol. The fraction of sp³-hybridized carbons (Fsp3) is 0.696. The third-order valence-electron chi connectivity index (χ3n) is 5.84. The van der Waals surface area contributed by atoms with Crippen LogP contribution >= 0.6 is 24.0 Å². The Bertz CT molecular complexity index is 603. The Morgan fingerprint density at radius 2 is 1.83 bits per heavy atom. The molecule has 1 heterocycles. The Kier molecular flexibility index (Phi) is 12.0. The maximum absolute atomic E-state index is 5.74. The van der Waals surface area contributed by atoms with Gasteiger partial charge in [0.2, 0.25) is 0 Å². The molecule has 7 heteroatoms. The molecule has 0 amide bonds. The van der Waals surface area contributed by atoms with Crippen LogP contribution in [0.4, 0.5) is 0 Å². The van der Waals surface area contributed by atoms with Crippen molar-refractivity contribution in [2.75, 3.05) is 73.1 Å². The van der Waals surface area contributed by atoms with Crippen LogP contribution in [-0.2, 0) is 11.3 Å². The number of guanidine groups is 1. The van der Waals surface area contributed by atoms with E-state index in [-0.39, 0.29) is 24.0 Å². The second kappa shape index (κ2) is 14.2. The van der Waals surface area contributed by atoms with Crippen molar-refractivity contribution in [3.05, 3.63) is 35.9 Å². The Hall–Kier alpha value is -0.900. The SMILES string of the molecule is CN=C(NCCCN1CCN(Cc2ccccc2)CC1)N(C)CCOCC1CC1.I. The van der Waals surface area contributed by atoms with Crippen LogP contribution in [-0.4, -0.2) is 93.8 Å². The summed E-state index contributed by atoms with van der Waals surface area (Å²) < 4.78 is 5.74. The number of rotatable bonds is 11. The van der Waals surface area contributed by atoms with Gasteiger partial charge in [0, 0.05) is 66.5 Å². The third kappa shape index (κ3) is 9.49. The minimum Gasteiger partial charge on any atom is -0.379 e. The first-order valence-electron chi connectivity index (χ1n) is 11.2. The van der Waals surface area contributed by atoms with Gasteiger partial charge in [0.25, 0.3) is 0 Å². The molecule has 0 spiro atoms. The highest BCUT2D eigenvalue weighted by atomic mass is 127. The van der Waals surface area contributed by atoms with Gasteiger partial charge in [-0.15, -0.1) is 24.0 Å². The third-order valence-corrected chi connectivity index (χ3v) is 5.84. The number of nitrogens with one attached hydrogen (secondary N) is 1. The molecule has 0 unspecified atom stereocenters. The normalized spacial score (nSPS) is 18.1. The summed E-state index contributed by atoms with van der Waals surface area (Å²) in [6.07, 6.45) is 3.84. The summed E-state index contributed by atoms with van der Waals surface area (Å²) in [4.78, 5) is 11.7. The molecule has 1 N–H and O–H groups in total. The molecular formula is C23H40IN5O.